The molecule has 1 atom stereocenters. The van der Waals surface area contributed by atoms with Gasteiger partial charge in [0, 0.05) is 18.5 Å². The summed E-state index contributed by atoms with van der Waals surface area (Å²) >= 11 is 0. The van der Waals surface area contributed by atoms with Gasteiger partial charge in [-0.05, 0) is 12.5 Å². The van der Waals surface area contributed by atoms with Gasteiger partial charge in [-0.25, -0.2) is 0 Å². The monoisotopic (exact) mass is 193 g/mol. The molecule has 1 saturated heterocycles. The fourth-order valence-electron chi connectivity index (χ4n) is 2.12. The van der Waals surface area contributed by atoms with E-state index in [1.807, 2.05) is 6.08 Å². The molecule has 4 heteroatoms. The number of rotatable bonds is 0. The first-order valence-corrected chi connectivity index (χ1v) is 4.81. The topological polar surface area (TPSA) is 47.6 Å². The average Bonchev–Trinajstić information content (AvgIpc) is 2.62. The van der Waals surface area contributed by atoms with Gasteiger partial charge in [-0.1, -0.05) is 5.57 Å². The largest absolute Gasteiger partial charge is 0.469 e. The highest BCUT2D eigenvalue weighted by Gasteiger charge is 2.32. The highest BCUT2D eigenvalue weighted by Crippen LogP contribution is 2.33. The van der Waals surface area contributed by atoms with Crippen molar-refractivity contribution >= 4 is 5.91 Å². The van der Waals surface area contributed by atoms with Crippen molar-refractivity contribution in [3.8, 4) is 0 Å². The molecule has 3 aliphatic rings. The van der Waals surface area contributed by atoms with Crippen molar-refractivity contribution in [3.63, 3.8) is 0 Å². The van der Waals surface area contributed by atoms with E-state index in [1.54, 1.807) is 0 Å². The van der Waals surface area contributed by atoms with Crippen LogP contribution in [0.4, 0.5) is 0 Å². The molecule has 74 valence electrons. The van der Waals surface area contributed by atoms with Crippen molar-refractivity contribution in [2.24, 2.45) is 0 Å². The fraction of sp³-hybridized carbons (Fsp3) is 0.500. The second kappa shape index (κ2) is 2.85. The van der Waals surface area contributed by atoms with E-state index in [9.17, 15) is 4.79 Å². The predicted octanol–water partition coefficient (Wildman–Crippen LogP) is 0.463. The summed E-state index contributed by atoms with van der Waals surface area (Å²) in [5, 5.41) is 2.82. The number of hydrogen-bond acceptors (Lipinski definition) is 3. The summed E-state index contributed by atoms with van der Waals surface area (Å²) in [7, 11) is 0. The summed E-state index contributed by atoms with van der Waals surface area (Å²) in [4.78, 5) is 11.5. The third-order valence-corrected chi connectivity index (χ3v) is 2.87. The number of fused-ring (bicyclic) bond motifs is 1. The quantitative estimate of drug-likeness (QED) is 0.608. The van der Waals surface area contributed by atoms with E-state index in [2.05, 4.69) is 5.32 Å². The normalized spacial score (nSPS) is 30.1. The van der Waals surface area contributed by atoms with E-state index >= 15 is 0 Å². The minimum atomic E-state index is 0.0210. The molecule has 1 N–H and O–H groups in total. The van der Waals surface area contributed by atoms with Gasteiger partial charge in [-0.2, -0.15) is 0 Å². The lowest BCUT2D eigenvalue weighted by Gasteiger charge is -2.24. The molecule has 1 amide bonds. The molecule has 0 radical (unpaired) electrons. The Kier molecular flexibility index (Phi) is 1.64. The smallest absolute Gasteiger partial charge is 0.251 e. The van der Waals surface area contributed by atoms with Crippen LogP contribution in [0.15, 0.2) is 23.0 Å². The molecular weight excluding hydrogens is 182 g/mol. The van der Waals surface area contributed by atoms with E-state index in [4.69, 9.17) is 9.47 Å². The van der Waals surface area contributed by atoms with Crippen molar-refractivity contribution in [3.05, 3.63) is 23.0 Å². The highest BCUT2D eigenvalue weighted by molar-refractivity contribution is 5.98. The highest BCUT2D eigenvalue weighted by atomic mass is 16.7. The van der Waals surface area contributed by atoms with Crippen LogP contribution in [-0.2, 0) is 14.3 Å². The van der Waals surface area contributed by atoms with Crippen LogP contribution in [0.1, 0.15) is 12.8 Å². The maximum Gasteiger partial charge on any atom is 0.251 e. The van der Waals surface area contributed by atoms with Crippen LogP contribution in [-0.4, -0.2) is 25.3 Å². The third-order valence-electron chi connectivity index (χ3n) is 2.87. The number of ether oxygens (including phenoxy) is 2. The Morgan fingerprint density at radius 2 is 2.43 bits per heavy atom. The maximum absolute atomic E-state index is 11.5. The number of carbonyl (C=O) groups is 1. The van der Waals surface area contributed by atoms with Crippen LogP contribution in [0, 0.1) is 0 Å². The Morgan fingerprint density at radius 1 is 1.50 bits per heavy atom. The van der Waals surface area contributed by atoms with Crippen LogP contribution in [0.25, 0.3) is 0 Å². The summed E-state index contributed by atoms with van der Waals surface area (Å²) in [5.74, 6) is 0.827. The summed E-state index contributed by atoms with van der Waals surface area (Å²) < 4.78 is 10.7. The Labute approximate surface area is 81.6 Å². The Morgan fingerprint density at radius 3 is 3.36 bits per heavy atom. The van der Waals surface area contributed by atoms with Gasteiger partial charge in [-0.15, -0.1) is 0 Å². The van der Waals surface area contributed by atoms with Gasteiger partial charge in [0.05, 0.1) is 0 Å². The maximum atomic E-state index is 11.5. The number of nitrogens with one attached hydrogen (secondary N) is 1. The molecule has 2 heterocycles. The molecule has 1 fully saturated rings. The van der Waals surface area contributed by atoms with Crippen LogP contribution in [0.5, 0.6) is 0 Å². The molecule has 1 aliphatic carbocycles. The fourth-order valence-corrected chi connectivity index (χ4v) is 2.12. The molecule has 4 nitrogen and oxygen atoms in total. The zero-order chi connectivity index (χ0) is 9.54. The minimum Gasteiger partial charge on any atom is -0.469 e. The van der Waals surface area contributed by atoms with E-state index in [-0.39, 0.29) is 12.0 Å². The van der Waals surface area contributed by atoms with Crippen LogP contribution in [0.3, 0.4) is 0 Å². The number of hydrogen-bond donors (Lipinski definition) is 1. The number of carbonyl (C=O) groups excluding carboxylic acids is 1. The van der Waals surface area contributed by atoms with Crippen LogP contribution >= 0.6 is 0 Å². The molecule has 14 heavy (non-hydrogen) atoms. The molecule has 0 aromatic heterocycles. The van der Waals surface area contributed by atoms with Gasteiger partial charge in [-0.3, -0.25) is 4.79 Å². The van der Waals surface area contributed by atoms with E-state index in [0.717, 1.165) is 30.7 Å². The summed E-state index contributed by atoms with van der Waals surface area (Å²) in [6.07, 6.45) is 3.63. The van der Waals surface area contributed by atoms with Crippen LogP contribution in [0.2, 0.25) is 0 Å². The molecule has 0 aromatic rings. The average molecular weight is 193 g/mol. The molecule has 0 spiro atoms. The van der Waals surface area contributed by atoms with Gasteiger partial charge in [0.1, 0.15) is 11.9 Å². The first kappa shape index (κ1) is 8.05. The summed E-state index contributed by atoms with van der Waals surface area (Å²) in [6.45, 7) is 1.06. The zero-order valence-corrected chi connectivity index (χ0v) is 7.71. The first-order valence-electron chi connectivity index (χ1n) is 4.81. The Balaban J connectivity index is 2.00. The van der Waals surface area contributed by atoms with Crippen molar-refractivity contribution < 1.29 is 14.3 Å². The molecule has 0 aromatic carbocycles. The van der Waals surface area contributed by atoms with Gasteiger partial charge in [0.2, 0.25) is 0 Å². The Hall–Kier alpha value is -1.29. The molecule has 3 rings (SSSR count). The molecule has 0 saturated carbocycles. The lowest BCUT2D eigenvalue weighted by molar-refractivity contribution is -0.117. The van der Waals surface area contributed by atoms with Crippen molar-refractivity contribution in [2.45, 2.75) is 18.9 Å². The van der Waals surface area contributed by atoms with E-state index in [0.29, 0.717) is 6.79 Å². The lowest BCUT2D eigenvalue weighted by Crippen LogP contribution is -2.33. The van der Waals surface area contributed by atoms with Gasteiger partial charge >= 0.3 is 0 Å². The molecule has 0 bridgehead atoms. The zero-order valence-electron chi connectivity index (χ0n) is 7.71. The summed E-state index contributed by atoms with van der Waals surface area (Å²) in [6, 6.07) is 0. The Bertz CT molecular complexity index is 356. The van der Waals surface area contributed by atoms with Crippen molar-refractivity contribution in [1.29, 1.82) is 0 Å². The third kappa shape index (κ3) is 1.07. The van der Waals surface area contributed by atoms with Gasteiger partial charge < -0.3 is 14.8 Å². The summed E-state index contributed by atoms with van der Waals surface area (Å²) in [5.41, 5.74) is 1.99. The van der Waals surface area contributed by atoms with Gasteiger partial charge in [0.25, 0.3) is 5.91 Å². The number of amides is 1. The second-order valence-electron chi connectivity index (χ2n) is 3.69. The predicted molar refractivity (Wildman–Crippen MR) is 48.2 cm³/mol. The molecule has 1 unspecified atom stereocenters. The SMILES string of the molecule is O=C1NCCC2=C1C=C1OCOC1C2. The van der Waals surface area contributed by atoms with Crippen molar-refractivity contribution in [2.75, 3.05) is 13.3 Å². The molecule has 2 aliphatic heterocycles. The molecular formula is C10H11NO3. The minimum absolute atomic E-state index is 0.0210. The standard InChI is InChI=1S/C10H11NO3/c12-10-7-4-9-8(13-5-14-9)3-6(7)1-2-11-10/h4,8H,1-3,5H2,(H,11,12). The van der Waals surface area contributed by atoms with Crippen LogP contribution < -0.4 is 5.32 Å². The van der Waals surface area contributed by atoms with Crippen molar-refractivity contribution in [1.82, 2.24) is 5.32 Å². The van der Waals surface area contributed by atoms with E-state index in [1.165, 1.54) is 5.57 Å². The van der Waals surface area contributed by atoms with E-state index < -0.39 is 0 Å². The second-order valence-corrected chi connectivity index (χ2v) is 3.69. The first-order chi connectivity index (χ1) is 6.84. The lowest BCUT2D eigenvalue weighted by atomic mass is 9.90. The van der Waals surface area contributed by atoms with Gasteiger partial charge in [0.15, 0.2) is 6.79 Å².